The van der Waals surface area contributed by atoms with Crippen molar-refractivity contribution in [3.63, 3.8) is 0 Å². The van der Waals surface area contributed by atoms with E-state index in [4.69, 9.17) is 9.78 Å². The molecule has 96 valence electrons. The molecule has 5 nitrogen and oxygen atoms in total. The minimum atomic E-state index is -0.619. The molecule has 0 saturated carbocycles. The molecule has 0 radical (unpaired) electrons. The molecule has 0 aromatic heterocycles. The minimum Gasteiger partial charge on any atom is -0.291 e. The van der Waals surface area contributed by atoms with Crippen molar-refractivity contribution in [3.05, 3.63) is 46.0 Å². The summed E-state index contributed by atoms with van der Waals surface area (Å²) in [4.78, 5) is 21.4. The van der Waals surface area contributed by atoms with Gasteiger partial charge in [-0.3, -0.25) is 4.89 Å². The van der Waals surface area contributed by atoms with Crippen LogP contribution in [0.3, 0.4) is 0 Å². The maximum atomic E-state index is 11.9. The van der Waals surface area contributed by atoms with Crippen LogP contribution in [0.1, 0.15) is 13.8 Å². The first-order valence-electron chi connectivity index (χ1n) is 6.02. The highest BCUT2D eigenvalue weighted by Gasteiger charge is 2.27. The first kappa shape index (κ1) is 11.8. The second-order valence-corrected chi connectivity index (χ2v) is 4.56. The molecule has 0 saturated heterocycles. The summed E-state index contributed by atoms with van der Waals surface area (Å²) in [6, 6.07) is 7.79. The van der Waals surface area contributed by atoms with Gasteiger partial charge in [0.15, 0.2) is 5.70 Å². The van der Waals surface area contributed by atoms with E-state index in [1.54, 1.807) is 13.8 Å². The predicted octanol–water partition coefficient (Wildman–Crippen LogP) is 1.19. The number of fused-ring (bicyclic) bond motifs is 2. The van der Waals surface area contributed by atoms with E-state index >= 15 is 0 Å². The molecule has 0 bridgehead atoms. The van der Waals surface area contributed by atoms with Crippen molar-refractivity contribution < 1.29 is 14.6 Å². The normalized spacial score (nSPS) is 15.6. The Morgan fingerprint density at radius 1 is 1.21 bits per heavy atom. The van der Waals surface area contributed by atoms with Crippen molar-refractivity contribution in [2.24, 2.45) is 10.2 Å². The van der Waals surface area contributed by atoms with Gasteiger partial charge in [0.2, 0.25) is 0 Å². The van der Waals surface area contributed by atoms with Crippen LogP contribution in [0.15, 0.2) is 45.8 Å². The lowest BCUT2D eigenvalue weighted by atomic mass is 10.2. The Labute approximate surface area is 109 Å². The van der Waals surface area contributed by atoms with Gasteiger partial charge >= 0.3 is 5.97 Å². The number of carbonyl (C=O) groups is 1. The Balaban J connectivity index is 1.99. The molecule has 0 N–H and O–H groups in total. The minimum absolute atomic E-state index is 0.187. The second kappa shape index (κ2) is 4.44. The monoisotopic (exact) mass is 256 g/mol. The Morgan fingerprint density at radius 3 is 2.79 bits per heavy atom. The Kier molecular flexibility index (Phi) is 2.76. The van der Waals surface area contributed by atoms with E-state index in [2.05, 4.69) is 10.2 Å². The number of rotatable bonds is 3. The number of azo groups is 1. The molecule has 1 aromatic rings. The Bertz CT molecular complexity index is 729. The summed E-state index contributed by atoms with van der Waals surface area (Å²) in [6.45, 7) is 3.55. The zero-order valence-electron chi connectivity index (χ0n) is 10.6. The van der Waals surface area contributed by atoms with E-state index in [0.29, 0.717) is 11.3 Å². The van der Waals surface area contributed by atoms with Gasteiger partial charge < -0.3 is 0 Å². The van der Waals surface area contributed by atoms with E-state index in [9.17, 15) is 4.79 Å². The molecule has 0 atom stereocenters. The average Bonchev–Trinajstić information content (AvgIpc) is 2.94. The van der Waals surface area contributed by atoms with Crippen LogP contribution < -0.4 is 10.4 Å². The second-order valence-electron chi connectivity index (χ2n) is 4.56. The quantitative estimate of drug-likeness (QED) is 0.603. The molecular weight excluding hydrogens is 244 g/mol. The van der Waals surface area contributed by atoms with Crippen LogP contribution >= 0.6 is 0 Å². The first-order valence-corrected chi connectivity index (χ1v) is 6.02. The zero-order chi connectivity index (χ0) is 13.4. The smallest absolute Gasteiger partial charge is 0.291 e. The van der Waals surface area contributed by atoms with Gasteiger partial charge in [-0.15, -0.1) is 10.2 Å². The lowest BCUT2D eigenvalue weighted by Crippen LogP contribution is -2.21. The number of hydrogen-bond acceptors (Lipinski definition) is 5. The van der Waals surface area contributed by atoms with Crippen molar-refractivity contribution in [1.82, 2.24) is 0 Å². The SMILES string of the molecule is CC(C)OOC(=O)C1=C2C=c3ccccc3=C2N=N1. The van der Waals surface area contributed by atoms with Crippen LogP contribution in [0, 0.1) is 0 Å². The van der Waals surface area contributed by atoms with E-state index in [1.807, 2.05) is 30.3 Å². The van der Waals surface area contributed by atoms with Crippen molar-refractivity contribution in [1.29, 1.82) is 0 Å². The third-order valence-electron chi connectivity index (χ3n) is 2.79. The molecule has 1 aliphatic carbocycles. The summed E-state index contributed by atoms with van der Waals surface area (Å²) in [5.74, 6) is -0.619. The highest BCUT2D eigenvalue weighted by molar-refractivity contribution is 5.99. The standard InChI is InChI=1S/C14H12N2O3/c1-8(2)18-19-14(17)13-11-7-9-5-3-4-6-10(9)12(11)15-16-13/h3-8H,1-2H3. The maximum Gasteiger partial charge on any atom is 0.393 e. The highest BCUT2D eigenvalue weighted by Crippen LogP contribution is 2.29. The summed E-state index contributed by atoms with van der Waals surface area (Å²) in [7, 11) is 0. The van der Waals surface area contributed by atoms with E-state index < -0.39 is 5.97 Å². The van der Waals surface area contributed by atoms with Crippen molar-refractivity contribution in [2.45, 2.75) is 20.0 Å². The molecular formula is C14H12N2O3. The fourth-order valence-electron chi connectivity index (χ4n) is 1.98. The van der Waals surface area contributed by atoms with Crippen molar-refractivity contribution in [2.75, 3.05) is 0 Å². The molecule has 1 aliphatic heterocycles. The molecule has 3 rings (SSSR count). The van der Waals surface area contributed by atoms with Crippen molar-refractivity contribution in [3.8, 4) is 0 Å². The number of hydrogen-bond donors (Lipinski definition) is 0. The Hall–Kier alpha value is -2.27. The van der Waals surface area contributed by atoms with Gasteiger partial charge in [0.05, 0.1) is 6.10 Å². The number of benzene rings is 1. The lowest BCUT2D eigenvalue weighted by Gasteiger charge is -2.04. The molecule has 0 spiro atoms. The number of nitrogens with zero attached hydrogens (tertiary/aromatic N) is 2. The summed E-state index contributed by atoms with van der Waals surface area (Å²) < 4.78 is 0. The summed E-state index contributed by atoms with van der Waals surface area (Å²) in [5.41, 5.74) is 1.59. The van der Waals surface area contributed by atoms with Gasteiger partial charge in [-0.1, -0.05) is 24.3 Å². The highest BCUT2D eigenvalue weighted by atomic mass is 17.2. The molecule has 1 heterocycles. The summed E-state index contributed by atoms with van der Waals surface area (Å²) in [6.07, 6.45) is 1.69. The van der Waals surface area contributed by atoms with Crippen LogP contribution in [0.5, 0.6) is 0 Å². The van der Waals surface area contributed by atoms with Crippen LogP contribution in [0.4, 0.5) is 0 Å². The van der Waals surface area contributed by atoms with Crippen LogP contribution in [0.2, 0.25) is 0 Å². The van der Waals surface area contributed by atoms with Gasteiger partial charge in [0.1, 0.15) is 5.70 Å². The first-order chi connectivity index (χ1) is 9.16. The van der Waals surface area contributed by atoms with E-state index in [-0.39, 0.29) is 11.8 Å². The van der Waals surface area contributed by atoms with Gasteiger partial charge in [0, 0.05) is 10.8 Å². The van der Waals surface area contributed by atoms with E-state index in [0.717, 1.165) is 10.4 Å². The lowest BCUT2D eigenvalue weighted by molar-refractivity contribution is -0.287. The summed E-state index contributed by atoms with van der Waals surface area (Å²) >= 11 is 0. The molecule has 0 amide bonds. The van der Waals surface area contributed by atoms with Crippen molar-refractivity contribution >= 4 is 17.7 Å². The number of carbonyl (C=O) groups excluding carboxylic acids is 1. The third kappa shape index (κ3) is 1.98. The fraction of sp³-hybridized carbons (Fsp3) is 0.214. The van der Waals surface area contributed by atoms with Gasteiger partial charge in [-0.05, 0) is 25.1 Å². The Morgan fingerprint density at radius 2 is 2.00 bits per heavy atom. The zero-order valence-corrected chi connectivity index (χ0v) is 10.6. The third-order valence-corrected chi connectivity index (χ3v) is 2.79. The van der Waals surface area contributed by atoms with Gasteiger partial charge in [0.25, 0.3) is 0 Å². The van der Waals surface area contributed by atoms with Crippen LogP contribution in [0.25, 0.3) is 11.8 Å². The average molecular weight is 256 g/mol. The molecule has 5 heteroatoms. The molecule has 0 unspecified atom stereocenters. The maximum absolute atomic E-state index is 11.9. The topological polar surface area (TPSA) is 60.2 Å². The van der Waals surface area contributed by atoms with Crippen LogP contribution in [-0.2, 0) is 14.6 Å². The molecule has 0 fully saturated rings. The molecule has 19 heavy (non-hydrogen) atoms. The predicted molar refractivity (Wildman–Crippen MR) is 67.8 cm³/mol. The fourth-order valence-corrected chi connectivity index (χ4v) is 1.98. The van der Waals surface area contributed by atoms with Crippen LogP contribution in [-0.4, -0.2) is 12.1 Å². The summed E-state index contributed by atoms with van der Waals surface area (Å²) in [5, 5.41) is 9.94. The van der Waals surface area contributed by atoms with Gasteiger partial charge in [-0.25, -0.2) is 4.79 Å². The molecule has 2 aliphatic rings. The largest absolute Gasteiger partial charge is 0.393 e. The van der Waals surface area contributed by atoms with E-state index in [1.165, 1.54) is 0 Å². The molecule has 1 aromatic carbocycles. The van der Waals surface area contributed by atoms with Gasteiger partial charge in [-0.2, -0.15) is 4.89 Å².